The molecular formula is C18H31N3. The van der Waals surface area contributed by atoms with Crippen LogP contribution < -0.4 is 5.32 Å². The number of piperazine rings is 1. The second-order valence-electron chi connectivity index (χ2n) is 7.17. The minimum Gasteiger partial charge on any atom is -0.312 e. The van der Waals surface area contributed by atoms with Gasteiger partial charge in [0.1, 0.15) is 0 Å². The van der Waals surface area contributed by atoms with Crippen LogP contribution in [0.15, 0.2) is 18.2 Å². The molecule has 1 saturated heterocycles. The van der Waals surface area contributed by atoms with Crippen molar-refractivity contribution in [1.82, 2.24) is 15.1 Å². The largest absolute Gasteiger partial charge is 0.312 e. The zero-order valence-corrected chi connectivity index (χ0v) is 14.5. The van der Waals surface area contributed by atoms with E-state index in [1.165, 1.54) is 16.7 Å². The highest BCUT2D eigenvalue weighted by molar-refractivity contribution is 5.33. The molecule has 0 radical (unpaired) electrons. The summed E-state index contributed by atoms with van der Waals surface area (Å²) in [6.45, 7) is 13.6. The Morgan fingerprint density at radius 1 is 1.24 bits per heavy atom. The van der Waals surface area contributed by atoms with E-state index in [1.54, 1.807) is 0 Å². The second-order valence-corrected chi connectivity index (χ2v) is 7.17. The van der Waals surface area contributed by atoms with Crippen molar-refractivity contribution in [3.63, 3.8) is 0 Å². The smallest absolute Gasteiger partial charge is 0.0449 e. The van der Waals surface area contributed by atoms with Crippen molar-refractivity contribution < 1.29 is 0 Å². The van der Waals surface area contributed by atoms with Crippen LogP contribution in [-0.2, 0) is 0 Å². The van der Waals surface area contributed by atoms with Gasteiger partial charge in [0.05, 0.1) is 0 Å². The van der Waals surface area contributed by atoms with Crippen molar-refractivity contribution in [3.8, 4) is 0 Å². The lowest BCUT2D eigenvalue weighted by Crippen LogP contribution is -2.58. The summed E-state index contributed by atoms with van der Waals surface area (Å²) in [6.07, 6.45) is 0. The van der Waals surface area contributed by atoms with Crippen LogP contribution in [0.3, 0.4) is 0 Å². The van der Waals surface area contributed by atoms with Gasteiger partial charge in [-0.3, -0.25) is 9.80 Å². The van der Waals surface area contributed by atoms with E-state index in [0.29, 0.717) is 6.04 Å². The van der Waals surface area contributed by atoms with Gasteiger partial charge in [-0.1, -0.05) is 23.8 Å². The van der Waals surface area contributed by atoms with Crippen molar-refractivity contribution in [1.29, 1.82) is 0 Å². The van der Waals surface area contributed by atoms with Gasteiger partial charge >= 0.3 is 0 Å². The highest BCUT2D eigenvalue weighted by atomic mass is 15.3. The SMILES string of the molecule is CNC(CN1CCN(C)C(C)(C)C1)c1cc(C)ccc1C. The molecule has 0 bridgehead atoms. The first-order valence-electron chi connectivity index (χ1n) is 8.01. The average molecular weight is 289 g/mol. The Labute approximate surface area is 130 Å². The summed E-state index contributed by atoms with van der Waals surface area (Å²) < 4.78 is 0. The minimum absolute atomic E-state index is 0.262. The fourth-order valence-electron chi connectivity index (χ4n) is 3.24. The quantitative estimate of drug-likeness (QED) is 0.919. The van der Waals surface area contributed by atoms with E-state index in [0.717, 1.165) is 26.2 Å². The predicted octanol–water partition coefficient (Wildman–Crippen LogP) is 2.59. The molecule has 118 valence electrons. The molecule has 3 nitrogen and oxygen atoms in total. The van der Waals surface area contributed by atoms with Crippen molar-refractivity contribution in [2.24, 2.45) is 0 Å². The Hall–Kier alpha value is -0.900. The van der Waals surface area contributed by atoms with Crippen LogP contribution in [0.2, 0.25) is 0 Å². The van der Waals surface area contributed by atoms with E-state index in [2.05, 4.69) is 75.1 Å². The standard InChI is InChI=1S/C18H31N3/c1-14-7-8-15(2)16(11-14)17(19-5)12-21-10-9-20(6)18(3,4)13-21/h7-8,11,17,19H,9-10,12-13H2,1-6H3. The molecule has 0 aromatic heterocycles. The van der Waals surface area contributed by atoms with Crippen LogP contribution in [0.25, 0.3) is 0 Å². The van der Waals surface area contributed by atoms with E-state index < -0.39 is 0 Å². The molecule has 1 fully saturated rings. The van der Waals surface area contributed by atoms with Gasteiger partial charge < -0.3 is 5.32 Å². The predicted molar refractivity (Wildman–Crippen MR) is 90.9 cm³/mol. The van der Waals surface area contributed by atoms with E-state index in [-0.39, 0.29) is 5.54 Å². The third kappa shape index (κ3) is 3.85. The number of nitrogens with zero attached hydrogens (tertiary/aromatic N) is 2. The first-order chi connectivity index (χ1) is 9.83. The van der Waals surface area contributed by atoms with Crippen molar-refractivity contribution in [2.45, 2.75) is 39.3 Å². The Bertz CT molecular complexity index is 481. The lowest BCUT2D eigenvalue weighted by atomic mass is 9.96. The molecule has 0 amide bonds. The van der Waals surface area contributed by atoms with Crippen LogP contribution in [0, 0.1) is 13.8 Å². The molecule has 1 heterocycles. The molecule has 2 rings (SSSR count). The number of nitrogens with one attached hydrogen (secondary N) is 1. The minimum atomic E-state index is 0.262. The zero-order valence-electron chi connectivity index (χ0n) is 14.5. The summed E-state index contributed by atoms with van der Waals surface area (Å²) in [4.78, 5) is 5.07. The molecule has 0 saturated carbocycles. The van der Waals surface area contributed by atoms with Crippen molar-refractivity contribution in [3.05, 3.63) is 34.9 Å². The number of hydrogen-bond donors (Lipinski definition) is 1. The number of benzene rings is 1. The van der Waals surface area contributed by atoms with Crippen LogP contribution in [0.1, 0.15) is 36.6 Å². The summed E-state index contributed by atoms with van der Waals surface area (Å²) in [5.74, 6) is 0. The third-order valence-electron chi connectivity index (χ3n) is 4.99. The molecule has 1 aliphatic rings. The summed E-state index contributed by atoms with van der Waals surface area (Å²) in [6, 6.07) is 7.18. The van der Waals surface area contributed by atoms with Gasteiger partial charge in [-0.2, -0.15) is 0 Å². The van der Waals surface area contributed by atoms with Gasteiger partial charge in [0.15, 0.2) is 0 Å². The summed E-state index contributed by atoms with van der Waals surface area (Å²) in [5.41, 5.74) is 4.43. The molecule has 1 aromatic rings. The fourth-order valence-corrected chi connectivity index (χ4v) is 3.24. The fraction of sp³-hybridized carbons (Fsp3) is 0.667. The summed E-state index contributed by atoms with van der Waals surface area (Å²) in [7, 11) is 4.31. The number of aryl methyl sites for hydroxylation is 2. The third-order valence-corrected chi connectivity index (χ3v) is 4.99. The molecule has 1 aromatic carbocycles. The first kappa shape index (κ1) is 16.5. The second kappa shape index (κ2) is 6.47. The van der Waals surface area contributed by atoms with Gasteiger partial charge in [0, 0.05) is 37.8 Å². The molecule has 0 aliphatic carbocycles. The van der Waals surface area contributed by atoms with Crippen molar-refractivity contribution in [2.75, 3.05) is 40.3 Å². The Morgan fingerprint density at radius 3 is 2.57 bits per heavy atom. The molecule has 21 heavy (non-hydrogen) atoms. The molecule has 1 N–H and O–H groups in total. The van der Waals surface area contributed by atoms with Crippen LogP contribution in [-0.4, -0.2) is 55.6 Å². The monoisotopic (exact) mass is 289 g/mol. The normalized spacial score (nSPS) is 21.4. The van der Waals surface area contributed by atoms with E-state index in [4.69, 9.17) is 0 Å². The summed E-state index contributed by atoms with van der Waals surface area (Å²) >= 11 is 0. The lowest BCUT2D eigenvalue weighted by Gasteiger charge is -2.46. The van der Waals surface area contributed by atoms with E-state index >= 15 is 0 Å². The zero-order chi connectivity index (χ0) is 15.6. The first-order valence-corrected chi connectivity index (χ1v) is 8.01. The molecule has 1 aliphatic heterocycles. The maximum atomic E-state index is 3.52. The van der Waals surface area contributed by atoms with Gasteiger partial charge in [0.25, 0.3) is 0 Å². The molecule has 1 atom stereocenters. The van der Waals surface area contributed by atoms with Crippen molar-refractivity contribution >= 4 is 0 Å². The van der Waals surface area contributed by atoms with Crippen LogP contribution in [0.4, 0.5) is 0 Å². The lowest BCUT2D eigenvalue weighted by molar-refractivity contribution is 0.0355. The topological polar surface area (TPSA) is 18.5 Å². The Kier molecular flexibility index (Phi) is 5.07. The van der Waals surface area contributed by atoms with Gasteiger partial charge in [0.2, 0.25) is 0 Å². The number of hydrogen-bond acceptors (Lipinski definition) is 3. The molecular weight excluding hydrogens is 258 g/mol. The van der Waals surface area contributed by atoms with Crippen LogP contribution in [0.5, 0.6) is 0 Å². The highest BCUT2D eigenvalue weighted by Crippen LogP contribution is 2.24. The van der Waals surface area contributed by atoms with Gasteiger partial charge in [-0.25, -0.2) is 0 Å². The maximum absolute atomic E-state index is 3.52. The van der Waals surface area contributed by atoms with E-state index in [9.17, 15) is 0 Å². The maximum Gasteiger partial charge on any atom is 0.0449 e. The molecule has 3 heteroatoms. The Morgan fingerprint density at radius 2 is 1.95 bits per heavy atom. The van der Waals surface area contributed by atoms with Gasteiger partial charge in [-0.15, -0.1) is 0 Å². The average Bonchev–Trinajstić information content (AvgIpc) is 2.42. The summed E-state index contributed by atoms with van der Waals surface area (Å²) in [5, 5.41) is 3.52. The molecule has 0 spiro atoms. The van der Waals surface area contributed by atoms with E-state index in [1.807, 2.05) is 0 Å². The number of rotatable bonds is 4. The highest BCUT2D eigenvalue weighted by Gasteiger charge is 2.31. The molecule has 1 unspecified atom stereocenters. The van der Waals surface area contributed by atoms with Crippen LogP contribution >= 0.6 is 0 Å². The number of likely N-dealkylation sites (N-methyl/N-ethyl adjacent to an activating group) is 2. The Balaban J connectivity index is 2.11. The van der Waals surface area contributed by atoms with Gasteiger partial charge in [-0.05, 0) is 52.9 Å².